The minimum Gasteiger partial charge on any atom is -0.448 e. The number of nitriles is 1. The van der Waals surface area contributed by atoms with Gasteiger partial charge in [-0.25, -0.2) is 4.79 Å². The molecule has 6 nitrogen and oxygen atoms in total. The first-order chi connectivity index (χ1) is 11.8. The molecule has 0 aromatic heterocycles. The number of benzene rings is 1. The average Bonchev–Trinajstić information content (AvgIpc) is 3.03. The molecule has 128 valence electrons. The zero-order chi connectivity index (χ0) is 16.8. The highest BCUT2D eigenvalue weighted by Gasteiger charge is 2.25. The summed E-state index contributed by atoms with van der Waals surface area (Å²) in [6.07, 6.45) is 0.787. The van der Waals surface area contributed by atoms with E-state index in [2.05, 4.69) is 15.9 Å². The molecule has 24 heavy (non-hydrogen) atoms. The quantitative estimate of drug-likeness (QED) is 0.796. The summed E-state index contributed by atoms with van der Waals surface area (Å²) >= 11 is 0. The maximum absolute atomic E-state index is 11.4. The molecule has 1 aromatic carbocycles. The van der Waals surface area contributed by atoms with E-state index in [0.29, 0.717) is 13.2 Å². The van der Waals surface area contributed by atoms with Crippen molar-refractivity contribution in [2.24, 2.45) is 0 Å². The number of piperazine rings is 1. The maximum atomic E-state index is 11.4. The van der Waals surface area contributed by atoms with Crippen LogP contribution in [0.3, 0.4) is 0 Å². The summed E-state index contributed by atoms with van der Waals surface area (Å²) in [5.41, 5.74) is 1.07. The van der Waals surface area contributed by atoms with Gasteiger partial charge >= 0.3 is 6.09 Å². The summed E-state index contributed by atoms with van der Waals surface area (Å²) in [5.74, 6) is 0. The Kier molecular flexibility index (Phi) is 5.68. The van der Waals surface area contributed by atoms with Crippen molar-refractivity contribution in [3.05, 3.63) is 35.9 Å². The van der Waals surface area contributed by atoms with Gasteiger partial charge in [-0.2, -0.15) is 5.26 Å². The zero-order valence-electron chi connectivity index (χ0n) is 13.9. The van der Waals surface area contributed by atoms with Gasteiger partial charge in [0, 0.05) is 32.7 Å². The Morgan fingerprint density at radius 1 is 1.08 bits per heavy atom. The van der Waals surface area contributed by atoms with Gasteiger partial charge in [0.05, 0.1) is 12.6 Å². The van der Waals surface area contributed by atoms with Gasteiger partial charge in [0.15, 0.2) is 0 Å². The van der Waals surface area contributed by atoms with Crippen molar-refractivity contribution in [2.75, 3.05) is 52.4 Å². The lowest BCUT2D eigenvalue weighted by Gasteiger charge is -2.37. The first kappa shape index (κ1) is 16.7. The number of rotatable bonds is 6. The molecule has 1 amide bonds. The molecule has 2 aliphatic rings. The number of carbonyl (C=O) groups excluding carboxylic acids is 1. The fraction of sp³-hybridized carbons (Fsp3) is 0.556. The van der Waals surface area contributed by atoms with Gasteiger partial charge in [-0.05, 0) is 18.5 Å². The van der Waals surface area contributed by atoms with Gasteiger partial charge in [-0.15, -0.1) is 0 Å². The summed E-state index contributed by atoms with van der Waals surface area (Å²) in [6, 6.07) is 12.3. The molecule has 0 radical (unpaired) electrons. The molecule has 2 aliphatic heterocycles. The molecule has 0 aliphatic carbocycles. The van der Waals surface area contributed by atoms with E-state index < -0.39 is 0 Å². The highest BCUT2D eigenvalue weighted by Crippen LogP contribution is 2.21. The van der Waals surface area contributed by atoms with Gasteiger partial charge in [-0.3, -0.25) is 4.90 Å². The van der Waals surface area contributed by atoms with Gasteiger partial charge in [0.25, 0.3) is 0 Å². The van der Waals surface area contributed by atoms with Crippen molar-refractivity contribution >= 4 is 6.09 Å². The van der Waals surface area contributed by atoms with Crippen LogP contribution in [0, 0.1) is 11.3 Å². The summed E-state index contributed by atoms with van der Waals surface area (Å²) < 4.78 is 4.94. The van der Waals surface area contributed by atoms with Crippen molar-refractivity contribution in [3.63, 3.8) is 0 Å². The molecule has 2 saturated heterocycles. The highest BCUT2D eigenvalue weighted by molar-refractivity contribution is 5.69. The summed E-state index contributed by atoms with van der Waals surface area (Å²) in [5, 5.41) is 9.53. The van der Waals surface area contributed by atoms with Gasteiger partial charge in [0.2, 0.25) is 0 Å². The molecule has 3 rings (SSSR count). The van der Waals surface area contributed by atoms with Crippen LogP contribution in [0.15, 0.2) is 30.3 Å². The molecule has 1 aromatic rings. The largest absolute Gasteiger partial charge is 0.448 e. The van der Waals surface area contributed by atoms with E-state index in [1.807, 2.05) is 30.3 Å². The molecule has 0 N–H and O–H groups in total. The second-order valence-corrected chi connectivity index (χ2v) is 6.27. The Balaban J connectivity index is 1.42. The van der Waals surface area contributed by atoms with Crippen molar-refractivity contribution in [1.82, 2.24) is 14.7 Å². The third kappa shape index (κ3) is 4.05. The second-order valence-electron chi connectivity index (χ2n) is 6.27. The molecule has 6 heteroatoms. The first-order valence-electron chi connectivity index (χ1n) is 8.60. The van der Waals surface area contributed by atoms with Crippen LogP contribution >= 0.6 is 0 Å². The number of cyclic esters (lactones) is 1. The highest BCUT2D eigenvalue weighted by atomic mass is 16.6. The lowest BCUT2D eigenvalue weighted by Crippen LogP contribution is -2.47. The molecule has 0 saturated carbocycles. The van der Waals surface area contributed by atoms with Crippen LogP contribution in [-0.2, 0) is 4.74 Å². The lowest BCUT2D eigenvalue weighted by molar-refractivity contribution is 0.110. The van der Waals surface area contributed by atoms with Crippen LogP contribution in [0.5, 0.6) is 0 Å². The van der Waals surface area contributed by atoms with Crippen LogP contribution in [0.1, 0.15) is 18.0 Å². The van der Waals surface area contributed by atoms with Crippen molar-refractivity contribution in [1.29, 1.82) is 5.26 Å². The van der Waals surface area contributed by atoms with Gasteiger partial charge in [-0.1, -0.05) is 30.3 Å². The van der Waals surface area contributed by atoms with Crippen LogP contribution < -0.4 is 0 Å². The number of amides is 1. The summed E-state index contributed by atoms with van der Waals surface area (Å²) in [4.78, 5) is 17.8. The van der Waals surface area contributed by atoms with Crippen LogP contribution in [0.2, 0.25) is 0 Å². The number of nitrogens with zero attached hydrogens (tertiary/aromatic N) is 4. The lowest BCUT2D eigenvalue weighted by atomic mass is 10.1. The summed E-state index contributed by atoms with van der Waals surface area (Å²) in [6.45, 7) is 6.73. The standard InChI is InChI=1S/C18H24N4O2/c19-15-17(16-5-2-1-3-6-16)21-11-9-20(10-12-21)7-4-8-22-13-14-24-18(22)23/h1-3,5-6,17H,4,7-14H2/t17-/m0/s1. The maximum Gasteiger partial charge on any atom is 0.409 e. The van der Waals surface area contributed by atoms with E-state index in [-0.39, 0.29) is 12.1 Å². The van der Waals surface area contributed by atoms with E-state index in [0.717, 1.165) is 51.3 Å². The van der Waals surface area contributed by atoms with Crippen LogP contribution in [0.4, 0.5) is 4.79 Å². The molecule has 0 unspecified atom stereocenters. The second kappa shape index (κ2) is 8.13. The molecule has 1 atom stereocenters. The molecule has 0 spiro atoms. The average molecular weight is 328 g/mol. The third-order valence-corrected chi connectivity index (χ3v) is 4.76. The molecular formula is C18H24N4O2. The van der Waals surface area contributed by atoms with E-state index >= 15 is 0 Å². The van der Waals surface area contributed by atoms with Gasteiger partial charge in [0.1, 0.15) is 12.6 Å². The van der Waals surface area contributed by atoms with Crippen LogP contribution in [-0.4, -0.2) is 73.2 Å². The topological polar surface area (TPSA) is 59.8 Å². The zero-order valence-corrected chi connectivity index (χ0v) is 13.9. The van der Waals surface area contributed by atoms with Gasteiger partial charge < -0.3 is 14.5 Å². The normalized spacial score (nSPS) is 20.6. The molecule has 2 fully saturated rings. The molecule has 0 bridgehead atoms. The number of hydrogen-bond acceptors (Lipinski definition) is 5. The van der Waals surface area contributed by atoms with E-state index in [1.165, 1.54) is 0 Å². The third-order valence-electron chi connectivity index (χ3n) is 4.76. The van der Waals surface area contributed by atoms with Crippen molar-refractivity contribution in [2.45, 2.75) is 12.5 Å². The number of ether oxygens (including phenoxy) is 1. The Morgan fingerprint density at radius 2 is 1.83 bits per heavy atom. The fourth-order valence-corrected chi connectivity index (χ4v) is 3.36. The molecular weight excluding hydrogens is 304 g/mol. The van der Waals surface area contributed by atoms with Crippen LogP contribution in [0.25, 0.3) is 0 Å². The number of hydrogen-bond donors (Lipinski definition) is 0. The Hall–Kier alpha value is -2.10. The Morgan fingerprint density at radius 3 is 2.46 bits per heavy atom. The SMILES string of the molecule is N#C[C@@H](c1ccccc1)N1CCN(CCCN2CCOC2=O)CC1. The minimum absolute atomic E-state index is 0.160. The predicted octanol–water partition coefficient (Wildman–Crippen LogP) is 1.71. The van der Waals surface area contributed by atoms with E-state index in [1.54, 1.807) is 4.90 Å². The minimum atomic E-state index is -0.181. The smallest absolute Gasteiger partial charge is 0.409 e. The number of carbonyl (C=O) groups is 1. The van der Waals surface area contributed by atoms with E-state index in [4.69, 9.17) is 4.74 Å². The Labute approximate surface area is 143 Å². The fourth-order valence-electron chi connectivity index (χ4n) is 3.36. The van der Waals surface area contributed by atoms with Crippen molar-refractivity contribution < 1.29 is 9.53 Å². The predicted molar refractivity (Wildman–Crippen MR) is 90.3 cm³/mol. The first-order valence-corrected chi connectivity index (χ1v) is 8.60. The summed E-state index contributed by atoms with van der Waals surface area (Å²) in [7, 11) is 0. The monoisotopic (exact) mass is 328 g/mol. The van der Waals surface area contributed by atoms with E-state index in [9.17, 15) is 10.1 Å². The Bertz CT molecular complexity index is 578. The van der Waals surface area contributed by atoms with Crippen molar-refractivity contribution in [3.8, 4) is 6.07 Å². The molecule has 2 heterocycles.